The Kier molecular flexibility index (Phi) is 4.36. The number of alkyl halides is 3. The number of anilines is 1. The number of rotatable bonds is 3. The van der Waals surface area contributed by atoms with E-state index in [0.717, 1.165) is 12.1 Å². The molecule has 1 unspecified atom stereocenters. The minimum atomic E-state index is -4.56. The zero-order valence-electron chi connectivity index (χ0n) is 10.0. The van der Waals surface area contributed by atoms with E-state index in [1.54, 1.807) is 0 Å². The highest BCUT2D eigenvalue weighted by Gasteiger charge is 2.33. The first-order valence-electron chi connectivity index (χ1n) is 5.29. The highest BCUT2D eigenvalue weighted by molar-refractivity contribution is 5.94. The number of amidine groups is 1. The van der Waals surface area contributed by atoms with E-state index >= 15 is 0 Å². The van der Waals surface area contributed by atoms with Crippen LogP contribution < -0.4 is 16.4 Å². The third kappa shape index (κ3) is 4.16. The van der Waals surface area contributed by atoms with Crippen LogP contribution in [0.15, 0.2) is 24.3 Å². The van der Waals surface area contributed by atoms with Crippen molar-refractivity contribution in [1.29, 1.82) is 5.41 Å². The number of hydrogen-bond acceptors (Lipinski definition) is 2. The van der Waals surface area contributed by atoms with Crippen LogP contribution in [0.5, 0.6) is 0 Å². The van der Waals surface area contributed by atoms with Gasteiger partial charge in [0.1, 0.15) is 5.84 Å². The van der Waals surface area contributed by atoms with Crippen molar-refractivity contribution in [2.45, 2.75) is 19.1 Å². The maximum atomic E-state index is 12.7. The molecule has 0 aliphatic heterocycles. The largest absolute Gasteiger partial charge is 0.418 e. The normalized spacial score (nSPS) is 12.6. The van der Waals surface area contributed by atoms with Crippen LogP contribution in [0, 0.1) is 5.41 Å². The second-order valence-electron chi connectivity index (χ2n) is 3.82. The number of para-hydroxylation sites is 1. The summed E-state index contributed by atoms with van der Waals surface area (Å²) in [4.78, 5) is 11.5. The first-order valence-corrected chi connectivity index (χ1v) is 5.29. The maximum absolute atomic E-state index is 12.7. The Hall–Kier alpha value is -2.25. The second-order valence-corrected chi connectivity index (χ2v) is 3.82. The number of halogens is 3. The maximum Gasteiger partial charge on any atom is 0.418 e. The summed E-state index contributed by atoms with van der Waals surface area (Å²) in [6, 6.07) is 2.98. The molecule has 0 aliphatic rings. The highest BCUT2D eigenvalue weighted by atomic mass is 19.4. The fourth-order valence-corrected chi connectivity index (χ4v) is 1.27. The van der Waals surface area contributed by atoms with Crippen molar-refractivity contribution in [3.8, 4) is 0 Å². The fourth-order valence-electron chi connectivity index (χ4n) is 1.27. The minimum Gasteiger partial charge on any atom is -0.386 e. The van der Waals surface area contributed by atoms with E-state index in [0.29, 0.717) is 0 Å². The van der Waals surface area contributed by atoms with Crippen molar-refractivity contribution < 1.29 is 18.0 Å². The molecule has 1 aromatic rings. The zero-order valence-corrected chi connectivity index (χ0v) is 10.0. The Morgan fingerprint density at radius 1 is 1.37 bits per heavy atom. The molecule has 2 amide bonds. The van der Waals surface area contributed by atoms with Gasteiger partial charge in [-0.2, -0.15) is 13.2 Å². The molecule has 0 saturated carbocycles. The summed E-state index contributed by atoms with van der Waals surface area (Å²) in [6.07, 6.45) is -4.56. The Labute approximate surface area is 107 Å². The van der Waals surface area contributed by atoms with Crippen molar-refractivity contribution in [1.82, 2.24) is 5.32 Å². The number of amides is 2. The van der Waals surface area contributed by atoms with E-state index in [1.807, 2.05) is 0 Å². The molecular weight excluding hydrogens is 261 g/mol. The molecule has 0 heterocycles. The number of nitrogens with two attached hydrogens (primary N) is 1. The van der Waals surface area contributed by atoms with Crippen LogP contribution in [-0.4, -0.2) is 17.9 Å². The lowest BCUT2D eigenvalue weighted by molar-refractivity contribution is -0.136. The van der Waals surface area contributed by atoms with Crippen LogP contribution in [-0.2, 0) is 6.18 Å². The van der Waals surface area contributed by atoms with Gasteiger partial charge in [0.15, 0.2) is 0 Å². The first-order chi connectivity index (χ1) is 8.71. The zero-order chi connectivity index (χ0) is 14.6. The third-order valence-electron chi connectivity index (χ3n) is 2.29. The van der Waals surface area contributed by atoms with Crippen molar-refractivity contribution in [2.75, 3.05) is 5.32 Å². The summed E-state index contributed by atoms with van der Waals surface area (Å²) in [5, 5.41) is 11.4. The van der Waals surface area contributed by atoms with Gasteiger partial charge in [0, 0.05) is 0 Å². The lowest BCUT2D eigenvalue weighted by Crippen LogP contribution is -2.43. The molecule has 0 spiro atoms. The average Bonchev–Trinajstić information content (AvgIpc) is 2.27. The van der Waals surface area contributed by atoms with Crippen LogP contribution in [0.4, 0.5) is 23.7 Å². The summed E-state index contributed by atoms with van der Waals surface area (Å²) < 4.78 is 38.0. The summed E-state index contributed by atoms with van der Waals surface area (Å²) in [5.74, 6) is -0.292. The molecule has 1 aromatic carbocycles. The van der Waals surface area contributed by atoms with Gasteiger partial charge < -0.3 is 16.4 Å². The molecule has 1 atom stereocenters. The SMILES string of the molecule is CC(NC(=O)Nc1ccccc1C(F)(F)F)C(=N)N. The number of nitrogens with one attached hydrogen (secondary N) is 3. The lowest BCUT2D eigenvalue weighted by Gasteiger charge is -2.16. The van der Waals surface area contributed by atoms with Crippen molar-refractivity contribution >= 4 is 17.6 Å². The molecular formula is C11H13F3N4O. The van der Waals surface area contributed by atoms with E-state index in [1.165, 1.54) is 19.1 Å². The Morgan fingerprint density at radius 2 is 1.95 bits per heavy atom. The van der Waals surface area contributed by atoms with Gasteiger partial charge in [-0.25, -0.2) is 4.79 Å². The number of benzene rings is 1. The third-order valence-corrected chi connectivity index (χ3v) is 2.29. The van der Waals surface area contributed by atoms with Gasteiger partial charge in [-0.3, -0.25) is 5.41 Å². The fraction of sp³-hybridized carbons (Fsp3) is 0.273. The molecule has 0 radical (unpaired) electrons. The van der Waals surface area contributed by atoms with Crippen LogP contribution in [0.2, 0.25) is 0 Å². The molecule has 5 nitrogen and oxygen atoms in total. The van der Waals surface area contributed by atoms with Crippen LogP contribution >= 0.6 is 0 Å². The van der Waals surface area contributed by atoms with E-state index in [9.17, 15) is 18.0 Å². The van der Waals surface area contributed by atoms with Crippen LogP contribution in [0.1, 0.15) is 12.5 Å². The van der Waals surface area contributed by atoms with Gasteiger partial charge in [-0.1, -0.05) is 12.1 Å². The van der Waals surface area contributed by atoms with Gasteiger partial charge in [-0.15, -0.1) is 0 Å². The number of hydrogen-bond donors (Lipinski definition) is 4. The molecule has 0 fully saturated rings. The minimum absolute atomic E-state index is 0.292. The predicted molar refractivity (Wildman–Crippen MR) is 65.0 cm³/mol. The van der Waals surface area contributed by atoms with Gasteiger partial charge in [0.2, 0.25) is 0 Å². The average molecular weight is 274 g/mol. The van der Waals surface area contributed by atoms with Crippen LogP contribution in [0.3, 0.4) is 0 Å². The predicted octanol–water partition coefficient (Wildman–Crippen LogP) is 2.15. The van der Waals surface area contributed by atoms with Crippen molar-refractivity contribution in [2.24, 2.45) is 5.73 Å². The van der Waals surface area contributed by atoms with Gasteiger partial charge in [0.05, 0.1) is 17.3 Å². The van der Waals surface area contributed by atoms with Gasteiger partial charge in [0.25, 0.3) is 0 Å². The number of urea groups is 1. The topological polar surface area (TPSA) is 91.0 Å². The highest BCUT2D eigenvalue weighted by Crippen LogP contribution is 2.34. The Balaban J connectivity index is 2.83. The van der Waals surface area contributed by atoms with Crippen molar-refractivity contribution in [3.05, 3.63) is 29.8 Å². The van der Waals surface area contributed by atoms with Gasteiger partial charge >= 0.3 is 12.2 Å². The molecule has 0 saturated heterocycles. The second kappa shape index (κ2) is 5.59. The molecule has 8 heteroatoms. The molecule has 0 aromatic heterocycles. The molecule has 104 valence electrons. The monoisotopic (exact) mass is 274 g/mol. The van der Waals surface area contributed by atoms with Crippen LogP contribution in [0.25, 0.3) is 0 Å². The standard InChI is InChI=1S/C11H13F3N4O/c1-6(9(15)16)17-10(19)18-8-5-3-2-4-7(8)11(12,13)14/h2-6H,1H3,(H3,15,16)(H2,17,18,19). The lowest BCUT2D eigenvalue weighted by atomic mass is 10.1. The Morgan fingerprint density at radius 3 is 2.47 bits per heavy atom. The summed E-state index contributed by atoms with van der Waals surface area (Å²) >= 11 is 0. The molecule has 19 heavy (non-hydrogen) atoms. The van der Waals surface area contributed by atoms with Gasteiger partial charge in [-0.05, 0) is 19.1 Å². The molecule has 1 rings (SSSR count). The number of carbonyl (C=O) groups is 1. The summed E-state index contributed by atoms with van der Waals surface area (Å²) in [5.41, 5.74) is 3.84. The van der Waals surface area contributed by atoms with E-state index in [-0.39, 0.29) is 11.5 Å². The van der Waals surface area contributed by atoms with E-state index in [4.69, 9.17) is 11.1 Å². The Bertz CT molecular complexity index is 487. The van der Waals surface area contributed by atoms with Crippen molar-refractivity contribution in [3.63, 3.8) is 0 Å². The molecule has 5 N–H and O–H groups in total. The number of carbonyl (C=O) groups excluding carboxylic acids is 1. The first kappa shape index (κ1) is 14.8. The molecule has 0 aliphatic carbocycles. The van der Waals surface area contributed by atoms with E-state index < -0.39 is 23.8 Å². The van der Waals surface area contributed by atoms with E-state index in [2.05, 4.69) is 10.6 Å². The summed E-state index contributed by atoms with van der Waals surface area (Å²) in [7, 11) is 0. The summed E-state index contributed by atoms with van der Waals surface area (Å²) in [6.45, 7) is 1.44. The quantitative estimate of drug-likeness (QED) is 0.502. The smallest absolute Gasteiger partial charge is 0.386 e. The molecule has 0 bridgehead atoms.